The van der Waals surface area contributed by atoms with E-state index in [0.717, 1.165) is 16.3 Å². The monoisotopic (exact) mass is 321 g/mol. The predicted octanol–water partition coefficient (Wildman–Crippen LogP) is 2.06. The van der Waals surface area contributed by atoms with Crippen LogP contribution < -0.4 is 5.32 Å². The SMILES string of the molecule is O=C(N[C@@H](Cc1cccc2ccccc12)C(=O)O)c1cnccn1. The van der Waals surface area contributed by atoms with Crippen molar-refractivity contribution in [2.24, 2.45) is 0 Å². The highest BCUT2D eigenvalue weighted by Gasteiger charge is 2.22. The number of fused-ring (bicyclic) bond motifs is 1. The van der Waals surface area contributed by atoms with Crippen molar-refractivity contribution >= 4 is 22.6 Å². The molecule has 6 nitrogen and oxygen atoms in total. The maximum atomic E-state index is 12.1. The minimum atomic E-state index is -1.10. The third-order valence-electron chi connectivity index (χ3n) is 3.70. The molecule has 0 saturated carbocycles. The summed E-state index contributed by atoms with van der Waals surface area (Å²) in [5, 5.41) is 14.0. The Kier molecular flexibility index (Phi) is 4.47. The molecule has 2 N–H and O–H groups in total. The van der Waals surface area contributed by atoms with Crippen molar-refractivity contribution in [2.75, 3.05) is 0 Å². The Hall–Kier alpha value is -3.28. The molecule has 2 aromatic carbocycles. The maximum Gasteiger partial charge on any atom is 0.326 e. The second-order valence-corrected chi connectivity index (χ2v) is 5.30. The van der Waals surface area contributed by atoms with E-state index < -0.39 is 17.9 Å². The first kappa shape index (κ1) is 15.6. The van der Waals surface area contributed by atoms with E-state index in [1.807, 2.05) is 42.5 Å². The average molecular weight is 321 g/mol. The molecule has 0 spiro atoms. The van der Waals surface area contributed by atoms with Crippen LogP contribution in [0.4, 0.5) is 0 Å². The Morgan fingerprint density at radius 2 is 1.88 bits per heavy atom. The minimum absolute atomic E-state index is 0.0849. The van der Waals surface area contributed by atoms with Gasteiger partial charge in [-0.15, -0.1) is 0 Å². The lowest BCUT2D eigenvalue weighted by Gasteiger charge is -2.15. The zero-order valence-corrected chi connectivity index (χ0v) is 12.7. The van der Waals surface area contributed by atoms with Gasteiger partial charge in [0.05, 0.1) is 6.20 Å². The molecule has 0 aliphatic heterocycles. The summed E-state index contributed by atoms with van der Waals surface area (Å²) in [6.45, 7) is 0. The van der Waals surface area contributed by atoms with Gasteiger partial charge in [-0.25, -0.2) is 9.78 Å². The van der Waals surface area contributed by atoms with Gasteiger partial charge in [0.15, 0.2) is 0 Å². The lowest BCUT2D eigenvalue weighted by Crippen LogP contribution is -2.42. The van der Waals surface area contributed by atoms with Crippen molar-refractivity contribution in [2.45, 2.75) is 12.5 Å². The Morgan fingerprint density at radius 1 is 1.08 bits per heavy atom. The normalized spacial score (nSPS) is 11.8. The van der Waals surface area contributed by atoms with Gasteiger partial charge in [0.1, 0.15) is 11.7 Å². The molecular formula is C18H15N3O3. The molecule has 0 saturated heterocycles. The topological polar surface area (TPSA) is 92.2 Å². The number of hydrogen-bond acceptors (Lipinski definition) is 4. The van der Waals surface area contributed by atoms with Crippen LogP contribution in [-0.4, -0.2) is 33.0 Å². The van der Waals surface area contributed by atoms with Crippen LogP contribution in [0.3, 0.4) is 0 Å². The maximum absolute atomic E-state index is 12.1. The summed E-state index contributed by atoms with van der Waals surface area (Å²) < 4.78 is 0. The number of carboxylic acids is 1. The highest BCUT2D eigenvalue weighted by Crippen LogP contribution is 2.20. The first-order chi connectivity index (χ1) is 11.6. The van der Waals surface area contributed by atoms with Crippen LogP contribution in [0.1, 0.15) is 16.1 Å². The summed E-state index contributed by atoms with van der Waals surface area (Å²) in [5.41, 5.74) is 0.946. The van der Waals surface area contributed by atoms with Crippen molar-refractivity contribution in [3.8, 4) is 0 Å². The zero-order chi connectivity index (χ0) is 16.9. The minimum Gasteiger partial charge on any atom is -0.480 e. The highest BCUT2D eigenvalue weighted by atomic mass is 16.4. The zero-order valence-electron chi connectivity index (χ0n) is 12.7. The molecule has 24 heavy (non-hydrogen) atoms. The van der Waals surface area contributed by atoms with Gasteiger partial charge in [0.25, 0.3) is 5.91 Å². The fourth-order valence-electron chi connectivity index (χ4n) is 2.54. The van der Waals surface area contributed by atoms with E-state index in [2.05, 4.69) is 15.3 Å². The molecule has 3 rings (SSSR count). The molecule has 0 bridgehead atoms. The van der Waals surface area contributed by atoms with Crippen LogP contribution in [0.25, 0.3) is 10.8 Å². The number of amides is 1. The fourth-order valence-corrected chi connectivity index (χ4v) is 2.54. The van der Waals surface area contributed by atoms with E-state index in [9.17, 15) is 14.7 Å². The number of nitrogens with zero attached hydrogens (tertiary/aromatic N) is 2. The first-order valence-corrected chi connectivity index (χ1v) is 7.41. The number of nitrogens with one attached hydrogen (secondary N) is 1. The van der Waals surface area contributed by atoms with Crippen molar-refractivity contribution in [3.05, 3.63) is 72.3 Å². The average Bonchev–Trinajstić information content (AvgIpc) is 2.62. The van der Waals surface area contributed by atoms with Gasteiger partial charge in [-0.2, -0.15) is 0 Å². The largest absolute Gasteiger partial charge is 0.480 e. The summed E-state index contributed by atoms with van der Waals surface area (Å²) >= 11 is 0. The van der Waals surface area contributed by atoms with E-state index in [-0.39, 0.29) is 12.1 Å². The number of carbonyl (C=O) groups is 2. The molecule has 1 aromatic heterocycles. The smallest absolute Gasteiger partial charge is 0.326 e. The predicted molar refractivity (Wildman–Crippen MR) is 88.6 cm³/mol. The molecule has 0 aliphatic carbocycles. The van der Waals surface area contributed by atoms with Gasteiger partial charge >= 0.3 is 5.97 Å². The van der Waals surface area contributed by atoms with E-state index in [1.165, 1.54) is 18.6 Å². The van der Waals surface area contributed by atoms with Crippen molar-refractivity contribution < 1.29 is 14.7 Å². The standard InChI is InChI=1S/C18H15N3O3/c22-17(16-11-19-8-9-20-16)21-15(18(23)24)10-13-6-3-5-12-4-1-2-7-14(12)13/h1-9,11,15H,10H2,(H,21,22)(H,23,24)/t15-/m0/s1. The van der Waals surface area contributed by atoms with Gasteiger partial charge in [0.2, 0.25) is 0 Å². The van der Waals surface area contributed by atoms with Crippen LogP contribution >= 0.6 is 0 Å². The number of aliphatic carboxylic acids is 1. The number of hydrogen-bond donors (Lipinski definition) is 2. The Labute approximate surface area is 138 Å². The summed E-state index contributed by atoms with van der Waals surface area (Å²) in [6.07, 6.45) is 4.31. The first-order valence-electron chi connectivity index (χ1n) is 7.41. The van der Waals surface area contributed by atoms with Crippen LogP contribution in [0.15, 0.2) is 61.1 Å². The number of rotatable bonds is 5. The molecule has 0 fully saturated rings. The molecule has 1 heterocycles. The summed E-state index contributed by atoms with van der Waals surface area (Å²) in [4.78, 5) is 31.4. The quantitative estimate of drug-likeness (QED) is 0.750. The molecule has 120 valence electrons. The van der Waals surface area contributed by atoms with Gasteiger partial charge in [-0.3, -0.25) is 9.78 Å². The van der Waals surface area contributed by atoms with Gasteiger partial charge in [-0.1, -0.05) is 42.5 Å². The lowest BCUT2D eigenvalue weighted by atomic mass is 9.98. The Bertz CT molecular complexity index is 876. The van der Waals surface area contributed by atoms with E-state index in [1.54, 1.807) is 0 Å². The lowest BCUT2D eigenvalue weighted by molar-refractivity contribution is -0.139. The third kappa shape index (κ3) is 3.38. The number of benzene rings is 2. The van der Waals surface area contributed by atoms with Crippen molar-refractivity contribution in [1.82, 2.24) is 15.3 Å². The number of aromatic nitrogens is 2. The molecule has 0 aliphatic rings. The third-order valence-corrected chi connectivity index (χ3v) is 3.70. The van der Waals surface area contributed by atoms with Crippen LogP contribution in [0.2, 0.25) is 0 Å². The fraction of sp³-hybridized carbons (Fsp3) is 0.111. The molecule has 0 unspecified atom stereocenters. The van der Waals surface area contributed by atoms with Gasteiger partial charge in [-0.05, 0) is 16.3 Å². The van der Waals surface area contributed by atoms with Crippen LogP contribution in [0.5, 0.6) is 0 Å². The summed E-state index contributed by atoms with van der Waals surface area (Å²) in [7, 11) is 0. The molecule has 0 radical (unpaired) electrons. The van der Waals surface area contributed by atoms with Crippen molar-refractivity contribution in [1.29, 1.82) is 0 Å². The van der Waals surface area contributed by atoms with Gasteiger partial charge < -0.3 is 10.4 Å². The van der Waals surface area contributed by atoms with Crippen molar-refractivity contribution in [3.63, 3.8) is 0 Å². The second-order valence-electron chi connectivity index (χ2n) is 5.30. The summed E-state index contributed by atoms with van der Waals surface area (Å²) in [6, 6.07) is 12.4. The molecular weight excluding hydrogens is 306 g/mol. The molecule has 3 aromatic rings. The molecule has 6 heteroatoms. The second kappa shape index (κ2) is 6.87. The number of carbonyl (C=O) groups excluding carboxylic acids is 1. The Morgan fingerprint density at radius 3 is 2.62 bits per heavy atom. The van der Waals surface area contributed by atoms with Crippen LogP contribution in [0, 0.1) is 0 Å². The van der Waals surface area contributed by atoms with E-state index in [4.69, 9.17) is 0 Å². The van der Waals surface area contributed by atoms with Gasteiger partial charge in [0, 0.05) is 18.8 Å². The molecule has 1 atom stereocenters. The van der Waals surface area contributed by atoms with Crippen LogP contribution in [-0.2, 0) is 11.2 Å². The van der Waals surface area contributed by atoms with E-state index in [0.29, 0.717) is 0 Å². The summed E-state index contributed by atoms with van der Waals surface area (Å²) in [5.74, 6) is -1.66. The highest BCUT2D eigenvalue weighted by molar-refractivity contribution is 5.95. The van der Waals surface area contributed by atoms with E-state index >= 15 is 0 Å². The molecule has 1 amide bonds. The Balaban J connectivity index is 1.84. The number of carboxylic acid groups (broad SMARTS) is 1.